The molecule has 82 valence electrons. The van der Waals surface area contributed by atoms with Crippen LogP contribution in [-0.4, -0.2) is 24.3 Å². The summed E-state index contributed by atoms with van der Waals surface area (Å²) in [6.45, 7) is 5.30. The van der Waals surface area contributed by atoms with E-state index in [2.05, 4.69) is 11.9 Å². The van der Waals surface area contributed by atoms with Crippen molar-refractivity contribution in [1.82, 2.24) is 5.32 Å². The summed E-state index contributed by atoms with van der Waals surface area (Å²) in [5.41, 5.74) is 1.37. The van der Waals surface area contributed by atoms with Crippen LogP contribution in [0.15, 0.2) is 30.4 Å². The summed E-state index contributed by atoms with van der Waals surface area (Å²) in [6.07, 6.45) is -0.112. The van der Waals surface area contributed by atoms with Crippen LogP contribution in [0.4, 0.5) is 0 Å². The standard InChI is InChI=1S/C12H12N2O2/c1-8-6-14-7-12(8)16-11-3-2-9(5-13)4-10(11)15/h2-4,12,14-15H,1,6-7H2/t12-/m0/s1. The minimum Gasteiger partial charge on any atom is -0.504 e. The minimum absolute atomic E-state index is 0.0150. The molecule has 4 heteroatoms. The van der Waals surface area contributed by atoms with Gasteiger partial charge in [0, 0.05) is 19.2 Å². The maximum atomic E-state index is 9.64. The van der Waals surface area contributed by atoms with Gasteiger partial charge in [0.2, 0.25) is 0 Å². The maximum absolute atomic E-state index is 9.64. The number of hydrogen-bond acceptors (Lipinski definition) is 4. The van der Waals surface area contributed by atoms with E-state index in [1.54, 1.807) is 12.1 Å². The summed E-state index contributed by atoms with van der Waals surface area (Å²) >= 11 is 0. The van der Waals surface area contributed by atoms with Gasteiger partial charge in [-0.2, -0.15) is 5.26 Å². The van der Waals surface area contributed by atoms with Crippen molar-refractivity contribution < 1.29 is 9.84 Å². The minimum atomic E-state index is -0.112. The highest BCUT2D eigenvalue weighted by Crippen LogP contribution is 2.28. The number of nitrogens with zero attached hydrogens (tertiary/aromatic N) is 1. The van der Waals surface area contributed by atoms with Crippen molar-refractivity contribution in [1.29, 1.82) is 5.26 Å². The van der Waals surface area contributed by atoms with Crippen molar-refractivity contribution >= 4 is 0 Å². The second kappa shape index (κ2) is 4.25. The van der Waals surface area contributed by atoms with Crippen LogP contribution in [0.2, 0.25) is 0 Å². The smallest absolute Gasteiger partial charge is 0.162 e. The Hall–Kier alpha value is -1.99. The topological polar surface area (TPSA) is 65.3 Å². The summed E-state index contributed by atoms with van der Waals surface area (Å²) in [6, 6.07) is 6.55. The van der Waals surface area contributed by atoms with Crippen LogP contribution in [0.1, 0.15) is 5.56 Å². The number of phenols is 1. The summed E-state index contributed by atoms with van der Waals surface area (Å²) in [7, 11) is 0. The number of ether oxygens (including phenoxy) is 1. The molecule has 0 saturated carbocycles. The van der Waals surface area contributed by atoms with Crippen LogP contribution < -0.4 is 10.1 Å². The van der Waals surface area contributed by atoms with Crippen LogP contribution in [0, 0.1) is 11.3 Å². The number of benzene rings is 1. The third kappa shape index (κ3) is 2.00. The average molecular weight is 216 g/mol. The van der Waals surface area contributed by atoms with Crippen molar-refractivity contribution in [3.8, 4) is 17.6 Å². The molecule has 4 nitrogen and oxygen atoms in total. The molecule has 1 aliphatic heterocycles. The Morgan fingerprint density at radius 3 is 2.94 bits per heavy atom. The zero-order valence-corrected chi connectivity index (χ0v) is 8.73. The molecule has 1 heterocycles. The lowest BCUT2D eigenvalue weighted by Crippen LogP contribution is -2.20. The number of nitrogens with one attached hydrogen (secondary N) is 1. The van der Waals surface area contributed by atoms with Gasteiger partial charge in [-0.1, -0.05) is 6.58 Å². The molecule has 2 rings (SSSR count). The molecule has 0 aromatic heterocycles. The molecular weight excluding hydrogens is 204 g/mol. The van der Waals surface area contributed by atoms with Crippen molar-refractivity contribution in [2.24, 2.45) is 0 Å². The molecule has 16 heavy (non-hydrogen) atoms. The van der Waals surface area contributed by atoms with Crippen LogP contribution in [0.5, 0.6) is 11.5 Å². The van der Waals surface area contributed by atoms with Gasteiger partial charge in [-0.25, -0.2) is 0 Å². The molecule has 1 fully saturated rings. The van der Waals surface area contributed by atoms with E-state index in [0.29, 0.717) is 17.9 Å². The summed E-state index contributed by atoms with van der Waals surface area (Å²) < 4.78 is 5.60. The first-order valence-electron chi connectivity index (χ1n) is 4.99. The Bertz CT molecular complexity index is 463. The molecule has 1 aromatic carbocycles. The number of phenolic OH excluding ortho intramolecular Hbond substituents is 1. The lowest BCUT2D eigenvalue weighted by Gasteiger charge is -2.14. The Morgan fingerprint density at radius 2 is 2.38 bits per heavy atom. The van der Waals surface area contributed by atoms with Gasteiger partial charge in [-0.05, 0) is 17.7 Å². The lowest BCUT2D eigenvalue weighted by atomic mass is 10.2. The number of nitriles is 1. The van der Waals surface area contributed by atoms with Crippen molar-refractivity contribution in [2.45, 2.75) is 6.10 Å². The molecule has 2 N–H and O–H groups in total. The normalized spacial score (nSPS) is 19.4. The SMILES string of the molecule is C=C1CNC[C@@H]1Oc1ccc(C#N)cc1O. The van der Waals surface area contributed by atoms with Gasteiger partial charge in [0.25, 0.3) is 0 Å². The van der Waals surface area contributed by atoms with Gasteiger partial charge in [-0.15, -0.1) is 0 Å². The van der Waals surface area contributed by atoms with Gasteiger partial charge in [0.15, 0.2) is 11.5 Å². The van der Waals surface area contributed by atoms with Crippen LogP contribution in [0.3, 0.4) is 0 Å². The molecule has 1 saturated heterocycles. The zero-order valence-electron chi connectivity index (χ0n) is 8.73. The molecule has 1 atom stereocenters. The molecule has 0 unspecified atom stereocenters. The molecule has 0 aliphatic carbocycles. The molecular formula is C12H12N2O2. The second-order valence-corrected chi connectivity index (χ2v) is 3.69. The van der Waals surface area contributed by atoms with Crippen molar-refractivity contribution in [3.05, 3.63) is 35.9 Å². The highest BCUT2D eigenvalue weighted by atomic mass is 16.5. The quantitative estimate of drug-likeness (QED) is 0.728. The molecule has 0 radical (unpaired) electrons. The van der Waals surface area contributed by atoms with E-state index in [0.717, 1.165) is 12.1 Å². The highest BCUT2D eigenvalue weighted by molar-refractivity contribution is 5.46. The highest BCUT2D eigenvalue weighted by Gasteiger charge is 2.21. The van der Waals surface area contributed by atoms with E-state index in [9.17, 15) is 5.11 Å². The summed E-state index contributed by atoms with van der Waals surface area (Å²) in [5, 5.41) is 21.4. The second-order valence-electron chi connectivity index (χ2n) is 3.69. The molecule has 0 spiro atoms. The predicted octanol–water partition coefficient (Wildman–Crippen LogP) is 1.17. The molecule has 0 amide bonds. The van der Waals surface area contributed by atoms with Crippen LogP contribution in [0.25, 0.3) is 0 Å². The molecule has 1 aromatic rings. The Morgan fingerprint density at radius 1 is 1.56 bits per heavy atom. The van der Waals surface area contributed by atoms with Crippen molar-refractivity contribution in [3.63, 3.8) is 0 Å². The molecule has 1 aliphatic rings. The molecule has 0 bridgehead atoms. The lowest BCUT2D eigenvalue weighted by molar-refractivity contribution is 0.244. The number of rotatable bonds is 2. The first-order chi connectivity index (χ1) is 7.70. The Balaban J connectivity index is 2.16. The van der Waals surface area contributed by atoms with Gasteiger partial charge in [0.1, 0.15) is 6.10 Å². The zero-order chi connectivity index (χ0) is 11.5. The Kier molecular flexibility index (Phi) is 2.80. The van der Waals surface area contributed by atoms with Gasteiger partial charge in [-0.3, -0.25) is 0 Å². The van der Waals surface area contributed by atoms with Gasteiger partial charge in [0.05, 0.1) is 11.6 Å². The van der Waals surface area contributed by atoms with Crippen LogP contribution >= 0.6 is 0 Å². The van der Waals surface area contributed by atoms with E-state index in [1.165, 1.54) is 6.07 Å². The predicted molar refractivity (Wildman–Crippen MR) is 59.2 cm³/mol. The van der Waals surface area contributed by atoms with Gasteiger partial charge < -0.3 is 15.2 Å². The van der Waals surface area contributed by atoms with E-state index in [1.807, 2.05) is 6.07 Å². The van der Waals surface area contributed by atoms with E-state index in [-0.39, 0.29) is 11.9 Å². The maximum Gasteiger partial charge on any atom is 0.162 e. The van der Waals surface area contributed by atoms with E-state index >= 15 is 0 Å². The van der Waals surface area contributed by atoms with Gasteiger partial charge >= 0.3 is 0 Å². The van der Waals surface area contributed by atoms with Crippen LogP contribution in [-0.2, 0) is 0 Å². The van der Waals surface area contributed by atoms with Crippen molar-refractivity contribution in [2.75, 3.05) is 13.1 Å². The monoisotopic (exact) mass is 216 g/mol. The number of hydrogen-bond donors (Lipinski definition) is 2. The fraction of sp³-hybridized carbons (Fsp3) is 0.250. The van der Waals surface area contributed by atoms with E-state index < -0.39 is 0 Å². The average Bonchev–Trinajstić information content (AvgIpc) is 2.67. The Labute approximate surface area is 93.8 Å². The fourth-order valence-corrected chi connectivity index (χ4v) is 1.59. The number of aromatic hydroxyl groups is 1. The third-order valence-electron chi connectivity index (χ3n) is 2.49. The fourth-order valence-electron chi connectivity index (χ4n) is 1.59. The largest absolute Gasteiger partial charge is 0.504 e. The third-order valence-corrected chi connectivity index (χ3v) is 2.49. The first kappa shape index (κ1) is 10.5. The van der Waals surface area contributed by atoms with E-state index in [4.69, 9.17) is 10.00 Å². The first-order valence-corrected chi connectivity index (χ1v) is 4.99. The summed E-state index contributed by atoms with van der Waals surface area (Å²) in [5.74, 6) is 0.368. The summed E-state index contributed by atoms with van der Waals surface area (Å²) in [4.78, 5) is 0.